The molecule has 2 aromatic carbocycles. The number of hydrogen-bond donors (Lipinski definition) is 1. The summed E-state index contributed by atoms with van der Waals surface area (Å²) >= 11 is 3.49. The van der Waals surface area contributed by atoms with Crippen molar-refractivity contribution in [1.82, 2.24) is 0 Å². The van der Waals surface area contributed by atoms with E-state index in [9.17, 15) is 0 Å². The summed E-state index contributed by atoms with van der Waals surface area (Å²) in [5.74, 6) is 1.83. The number of halogens is 1. The van der Waals surface area contributed by atoms with Gasteiger partial charge >= 0.3 is 0 Å². The van der Waals surface area contributed by atoms with Gasteiger partial charge in [0.25, 0.3) is 0 Å². The first kappa shape index (κ1) is 13.4. The molecule has 1 aromatic heterocycles. The lowest BCUT2D eigenvalue weighted by molar-refractivity contribution is 0.503. The summed E-state index contributed by atoms with van der Waals surface area (Å²) in [5.41, 5.74) is 6.89. The Morgan fingerprint density at radius 3 is 2.60 bits per heavy atom. The zero-order chi connectivity index (χ0) is 14.1. The SMILES string of the molecule is CC(N)Cc1ccc(-c2ccc3cc(Br)ccc3c2)o1. The molecule has 3 heteroatoms. The van der Waals surface area contributed by atoms with Crippen molar-refractivity contribution in [1.29, 1.82) is 0 Å². The Labute approximate surface area is 126 Å². The van der Waals surface area contributed by atoms with E-state index in [0.717, 1.165) is 28.0 Å². The Morgan fingerprint density at radius 1 is 1.05 bits per heavy atom. The highest BCUT2D eigenvalue weighted by atomic mass is 79.9. The van der Waals surface area contributed by atoms with Gasteiger partial charge in [-0.05, 0) is 48.0 Å². The summed E-state index contributed by atoms with van der Waals surface area (Å²) in [6, 6.07) is 16.8. The molecule has 20 heavy (non-hydrogen) atoms. The van der Waals surface area contributed by atoms with Crippen molar-refractivity contribution >= 4 is 26.7 Å². The highest BCUT2D eigenvalue weighted by molar-refractivity contribution is 9.10. The van der Waals surface area contributed by atoms with E-state index in [4.69, 9.17) is 10.2 Å². The van der Waals surface area contributed by atoms with E-state index in [0.29, 0.717) is 0 Å². The van der Waals surface area contributed by atoms with Crippen LogP contribution in [-0.2, 0) is 6.42 Å². The van der Waals surface area contributed by atoms with Crippen LogP contribution >= 0.6 is 15.9 Å². The standard InChI is InChI=1S/C17H16BrNO/c1-11(19)8-16-6-7-17(20-16)14-3-2-13-10-15(18)5-4-12(13)9-14/h2-7,9-11H,8,19H2,1H3. The Morgan fingerprint density at radius 2 is 1.80 bits per heavy atom. The smallest absolute Gasteiger partial charge is 0.134 e. The summed E-state index contributed by atoms with van der Waals surface area (Å²) in [5, 5.41) is 2.42. The third-order valence-electron chi connectivity index (χ3n) is 3.27. The van der Waals surface area contributed by atoms with Crippen molar-refractivity contribution in [3.05, 3.63) is 58.8 Å². The van der Waals surface area contributed by atoms with Gasteiger partial charge in [0.05, 0.1) is 0 Å². The van der Waals surface area contributed by atoms with Crippen molar-refractivity contribution in [3.8, 4) is 11.3 Å². The number of fused-ring (bicyclic) bond motifs is 1. The van der Waals surface area contributed by atoms with Gasteiger partial charge in [-0.15, -0.1) is 0 Å². The van der Waals surface area contributed by atoms with Gasteiger partial charge in [0, 0.05) is 22.5 Å². The van der Waals surface area contributed by atoms with Crippen molar-refractivity contribution < 1.29 is 4.42 Å². The van der Waals surface area contributed by atoms with Crippen LogP contribution < -0.4 is 5.73 Å². The molecule has 2 N–H and O–H groups in total. The topological polar surface area (TPSA) is 39.2 Å². The Bertz CT molecular complexity index is 746. The number of benzene rings is 2. The molecule has 3 aromatic rings. The highest BCUT2D eigenvalue weighted by Crippen LogP contribution is 2.28. The lowest BCUT2D eigenvalue weighted by Crippen LogP contribution is -2.17. The van der Waals surface area contributed by atoms with Crippen LogP contribution in [0.4, 0.5) is 0 Å². The van der Waals surface area contributed by atoms with Crippen molar-refractivity contribution in [2.45, 2.75) is 19.4 Å². The molecule has 0 fully saturated rings. The molecule has 102 valence electrons. The normalized spacial score (nSPS) is 12.8. The van der Waals surface area contributed by atoms with Gasteiger partial charge in [0.1, 0.15) is 11.5 Å². The van der Waals surface area contributed by atoms with Gasteiger partial charge in [-0.2, -0.15) is 0 Å². The average molecular weight is 330 g/mol. The Kier molecular flexibility index (Phi) is 3.64. The minimum absolute atomic E-state index is 0.114. The molecule has 0 spiro atoms. The van der Waals surface area contributed by atoms with Crippen LogP contribution in [0.15, 0.2) is 57.4 Å². The first-order chi connectivity index (χ1) is 9.61. The Hall–Kier alpha value is -1.58. The van der Waals surface area contributed by atoms with Crippen LogP contribution in [0.5, 0.6) is 0 Å². The van der Waals surface area contributed by atoms with Crippen LogP contribution in [0, 0.1) is 0 Å². The van der Waals surface area contributed by atoms with Crippen molar-refractivity contribution in [2.24, 2.45) is 5.73 Å². The third kappa shape index (κ3) is 2.79. The largest absolute Gasteiger partial charge is 0.461 e. The maximum absolute atomic E-state index is 5.86. The van der Waals surface area contributed by atoms with E-state index in [1.54, 1.807) is 0 Å². The van der Waals surface area contributed by atoms with Crippen LogP contribution in [0.25, 0.3) is 22.1 Å². The van der Waals surface area contributed by atoms with Crippen LogP contribution in [-0.4, -0.2) is 6.04 Å². The van der Waals surface area contributed by atoms with Gasteiger partial charge in [0.2, 0.25) is 0 Å². The van der Waals surface area contributed by atoms with Crippen LogP contribution in [0.2, 0.25) is 0 Å². The second kappa shape index (κ2) is 5.43. The summed E-state index contributed by atoms with van der Waals surface area (Å²) in [7, 11) is 0. The van der Waals surface area contributed by atoms with Gasteiger partial charge in [-0.1, -0.05) is 34.1 Å². The van der Waals surface area contributed by atoms with Gasteiger partial charge in [-0.25, -0.2) is 0 Å². The van der Waals surface area contributed by atoms with Gasteiger partial charge in [-0.3, -0.25) is 0 Å². The molecule has 1 heterocycles. The third-order valence-corrected chi connectivity index (χ3v) is 3.76. The van der Waals surface area contributed by atoms with Crippen molar-refractivity contribution in [2.75, 3.05) is 0 Å². The fourth-order valence-corrected chi connectivity index (χ4v) is 2.71. The molecule has 1 atom stereocenters. The average Bonchev–Trinajstić information content (AvgIpc) is 2.85. The molecule has 0 radical (unpaired) electrons. The molecule has 2 nitrogen and oxygen atoms in total. The second-order valence-electron chi connectivity index (χ2n) is 5.15. The summed E-state index contributed by atoms with van der Waals surface area (Å²) < 4.78 is 6.96. The zero-order valence-corrected chi connectivity index (χ0v) is 12.9. The predicted octanol–water partition coefficient (Wildman–Crippen LogP) is 4.75. The first-order valence-electron chi connectivity index (χ1n) is 6.66. The first-order valence-corrected chi connectivity index (χ1v) is 7.45. The van der Waals surface area contributed by atoms with E-state index in [2.05, 4.69) is 52.3 Å². The minimum atomic E-state index is 0.114. The van der Waals surface area contributed by atoms with Crippen molar-refractivity contribution in [3.63, 3.8) is 0 Å². The highest BCUT2D eigenvalue weighted by Gasteiger charge is 2.07. The zero-order valence-electron chi connectivity index (χ0n) is 11.3. The maximum Gasteiger partial charge on any atom is 0.134 e. The molecule has 0 saturated carbocycles. The number of furan rings is 1. The van der Waals surface area contributed by atoms with Gasteiger partial charge in [0.15, 0.2) is 0 Å². The lowest BCUT2D eigenvalue weighted by Gasteiger charge is -2.03. The molecule has 0 bridgehead atoms. The van der Waals surface area contributed by atoms with E-state index >= 15 is 0 Å². The fourth-order valence-electron chi connectivity index (χ4n) is 2.33. The van der Waals surface area contributed by atoms with E-state index in [-0.39, 0.29) is 6.04 Å². The minimum Gasteiger partial charge on any atom is -0.461 e. The molecule has 0 saturated heterocycles. The fraction of sp³-hybridized carbons (Fsp3) is 0.176. The quantitative estimate of drug-likeness (QED) is 0.752. The summed E-state index contributed by atoms with van der Waals surface area (Å²) in [6.45, 7) is 1.98. The molecule has 1 unspecified atom stereocenters. The molecular formula is C17H16BrNO. The van der Waals surface area contributed by atoms with E-state index in [1.807, 2.05) is 19.1 Å². The lowest BCUT2D eigenvalue weighted by atomic mass is 10.1. The number of rotatable bonds is 3. The van der Waals surface area contributed by atoms with Gasteiger partial charge < -0.3 is 10.2 Å². The predicted molar refractivity (Wildman–Crippen MR) is 86.7 cm³/mol. The molecule has 0 aliphatic heterocycles. The van der Waals surface area contributed by atoms with Crippen LogP contribution in [0.3, 0.4) is 0 Å². The Balaban J connectivity index is 1.97. The second-order valence-corrected chi connectivity index (χ2v) is 6.07. The molecule has 0 aliphatic carbocycles. The maximum atomic E-state index is 5.86. The van der Waals surface area contributed by atoms with E-state index < -0.39 is 0 Å². The number of nitrogens with two attached hydrogens (primary N) is 1. The van der Waals surface area contributed by atoms with E-state index in [1.165, 1.54) is 10.8 Å². The molecular weight excluding hydrogens is 314 g/mol. The molecule has 3 rings (SSSR count). The van der Waals surface area contributed by atoms with Crippen LogP contribution in [0.1, 0.15) is 12.7 Å². The summed E-state index contributed by atoms with van der Waals surface area (Å²) in [4.78, 5) is 0. The molecule has 0 amide bonds. The molecule has 0 aliphatic rings. The summed E-state index contributed by atoms with van der Waals surface area (Å²) in [6.07, 6.45) is 0.764. The monoisotopic (exact) mass is 329 g/mol. The number of hydrogen-bond acceptors (Lipinski definition) is 2.